The predicted molar refractivity (Wildman–Crippen MR) is 144 cm³/mol. The van der Waals surface area contributed by atoms with Gasteiger partial charge in [-0.05, 0) is 55.1 Å². The van der Waals surface area contributed by atoms with Gasteiger partial charge >= 0.3 is 5.97 Å². The van der Waals surface area contributed by atoms with E-state index < -0.39 is 5.91 Å². The Balaban J connectivity index is 1.54. The zero-order chi connectivity index (χ0) is 26.2. The van der Waals surface area contributed by atoms with E-state index in [0.29, 0.717) is 26.8 Å². The van der Waals surface area contributed by atoms with Gasteiger partial charge in [0, 0.05) is 16.8 Å². The fourth-order valence-corrected chi connectivity index (χ4v) is 6.13. The first-order valence-electron chi connectivity index (χ1n) is 10.9. The lowest BCUT2D eigenvalue weighted by Crippen LogP contribution is -2.15. The topological polar surface area (TPSA) is 121 Å². The minimum Gasteiger partial charge on any atom is -0.497 e. The predicted octanol–water partition coefficient (Wildman–Crippen LogP) is 4.89. The van der Waals surface area contributed by atoms with Crippen molar-refractivity contribution in [3.05, 3.63) is 54.6 Å². The van der Waals surface area contributed by atoms with Crippen LogP contribution < -0.4 is 10.1 Å². The molecule has 0 unspecified atom stereocenters. The monoisotopic (exact) mass is 574 g/mol. The summed E-state index contributed by atoms with van der Waals surface area (Å²) in [6.07, 6.45) is 3.22. The molecule has 1 amide bonds. The molecule has 0 spiro atoms. The van der Waals surface area contributed by atoms with Crippen LogP contribution in [0.3, 0.4) is 0 Å². The molecule has 0 radical (unpaired) electrons. The maximum absolute atomic E-state index is 13.3. The minimum absolute atomic E-state index is 0.176. The van der Waals surface area contributed by atoms with Gasteiger partial charge in [0.25, 0.3) is 5.91 Å². The molecule has 1 N–H and O–H groups in total. The minimum atomic E-state index is -0.396. The van der Waals surface area contributed by atoms with Crippen LogP contribution in [-0.2, 0) is 16.6 Å². The number of hydrogen-bond donors (Lipinski definition) is 1. The second-order valence-electron chi connectivity index (χ2n) is 7.13. The Morgan fingerprint density at radius 3 is 2.65 bits per heavy atom. The number of aryl methyl sites for hydroxylation is 1. The molecule has 14 heteroatoms. The molecule has 4 aromatic rings. The number of nitrogens with one attached hydrogen (secondary N) is 1. The van der Waals surface area contributed by atoms with Gasteiger partial charge in [-0.2, -0.15) is 0 Å². The van der Waals surface area contributed by atoms with E-state index in [0.717, 1.165) is 14.9 Å². The second-order valence-corrected chi connectivity index (χ2v) is 11.5. The van der Waals surface area contributed by atoms with Crippen LogP contribution in [0.2, 0.25) is 0 Å². The van der Waals surface area contributed by atoms with Crippen LogP contribution in [0.5, 0.6) is 5.75 Å². The number of esters is 1. The van der Waals surface area contributed by atoms with Crippen molar-refractivity contribution in [1.82, 2.24) is 24.7 Å². The van der Waals surface area contributed by atoms with Gasteiger partial charge in [-0.1, -0.05) is 23.1 Å². The number of anilines is 1. The fraction of sp³-hybridized carbons (Fsp3) is 0.217. The summed E-state index contributed by atoms with van der Waals surface area (Å²) in [6.45, 7) is 2.10. The first kappa shape index (κ1) is 27.0. The van der Waals surface area contributed by atoms with Crippen molar-refractivity contribution in [2.75, 3.05) is 24.8 Å². The Hall–Kier alpha value is -3.07. The highest BCUT2D eigenvalue weighted by molar-refractivity contribution is 8.01. The van der Waals surface area contributed by atoms with Crippen molar-refractivity contribution in [3.8, 4) is 5.75 Å². The van der Waals surface area contributed by atoms with Crippen LogP contribution in [0.4, 0.5) is 5.13 Å². The van der Waals surface area contributed by atoms with Crippen molar-refractivity contribution in [2.24, 2.45) is 7.05 Å². The molecule has 0 atom stereocenters. The highest BCUT2D eigenvalue weighted by atomic mass is 32.2. The molecule has 0 aliphatic carbocycles. The zero-order valence-corrected chi connectivity index (χ0v) is 23.3. The maximum atomic E-state index is 13.3. The normalized spacial score (nSPS) is 10.8. The SMILES string of the molecule is CCOC(=O)CSc1cnc(NC(=O)c2nc(Sc3nncn3C)ccc2Sc2ccc(OC)cc2)s1. The van der Waals surface area contributed by atoms with E-state index in [2.05, 4.69) is 25.5 Å². The van der Waals surface area contributed by atoms with E-state index in [1.165, 1.54) is 46.6 Å². The van der Waals surface area contributed by atoms with Crippen LogP contribution in [0.1, 0.15) is 17.4 Å². The highest BCUT2D eigenvalue weighted by Gasteiger charge is 2.19. The molecule has 0 aliphatic rings. The molecule has 37 heavy (non-hydrogen) atoms. The lowest BCUT2D eigenvalue weighted by atomic mass is 10.3. The Labute approximate surface area is 230 Å². The molecule has 10 nitrogen and oxygen atoms in total. The molecular weight excluding hydrogens is 553 g/mol. The van der Waals surface area contributed by atoms with Gasteiger partial charge in [-0.25, -0.2) is 9.97 Å². The van der Waals surface area contributed by atoms with Crippen LogP contribution in [0, 0.1) is 0 Å². The summed E-state index contributed by atoms with van der Waals surface area (Å²) in [5, 5.41) is 12.5. The van der Waals surface area contributed by atoms with Gasteiger partial charge < -0.3 is 14.0 Å². The van der Waals surface area contributed by atoms with E-state index in [1.807, 2.05) is 43.4 Å². The number of thiazole rings is 1. The van der Waals surface area contributed by atoms with Gasteiger partial charge in [0.2, 0.25) is 0 Å². The Morgan fingerprint density at radius 1 is 1.14 bits per heavy atom. The summed E-state index contributed by atoms with van der Waals surface area (Å²) in [7, 11) is 3.45. The summed E-state index contributed by atoms with van der Waals surface area (Å²) in [4.78, 5) is 35.5. The van der Waals surface area contributed by atoms with Crippen molar-refractivity contribution in [1.29, 1.82) is 0 Å². The zero-order valence-electron chi connectivity index (χ0n) is 20.0. The number of ether oxygens (including phenoxy) is 2. The van der Waals surface area contributed by atoms with Gasteiger partial charge in [0.05, 0.1) is 29.9 Å². The van der Waals surface area contributed by atoms with Gasteiger partial charge in [0.1, 0.15) is 22.8 Å². The van der Waals surface area contributed by atoms with Crippen LogP contribution >= 0.6 is 46.6 Å². The number of carbonyl (C=O) groups excluding carboxylic acids is 2. The van der Waals surface area contributed by atoms with E-state index in [4.69, 9.17) is 9.47 Å². The lowest BCUT2D eigenvalue weighted by molar-refractivity contribution is -0.139. The average molecular weight is 575 g/mol. The number of pyridine rings is 1. The number of nitrogens with zero attached hydrogens (tertiary/aromatic N) is 5. The van der Waals surface area contributed by atoms with Crippen molar-refractivity contribution in [3.63, 3.8) is 0 Å². The van der Waals surface area contributed by atoms with Crippen molar-refractivity contribution in [2.45, 2.75) is 31.1 Å². The number of benzene rings is 1. The van der Waals surface area contributed by atoms with Crippen LogP contribution in [0.15, 0.2) is 73.1 Å². The van der Waals surface area contributed by atoms with Crippen molar-refractivity contribution >= 4 is 63.6 Å². The molecule has 3 heterocycles. The highest BCUT2D eigenvalue weighted by Crippen LogP contribution is 2.34. The largest absolute Gasteiger partial charge is 0.497 e. The van der Waals surface area contributed by atoms with E-state index in [-0.39, 0.29) is 17.4 Å². The van der Waals surface area contributed by atoms with Crippen molar-refractivity contribution < 1.29 is 19.1 Å². The lowest BCUT2D eigenvalue weighted by Gasteiger charge is -2.10. The molecular formula is C23H22N6O4S4. The van der Waals surface area contributed by atoms with Crippen LogP contribution in [0.25, 0.3) is 0 Å². The summed E-state index contributed by atoms with van der Waals surface area (Å²) in [6, 6.07) is 11.3. The maximum Gasteiger partial charge on any atom is 0.316 e. The number of aromatic nitrogens is 5. The first-order valence-corrected chi connectivity index (χ1v) is 14.3. The molecule has 4 rings (SSSR count). The second kappa shape index (κ2) is 12.9. The summed E-state index contributed by atoms with van der Waals surface area (Å²) in [5.74, 6) is 0.228. The smallest absolute Gasteiger partial charge is 0.316 e. The van der Waals surface area contributed by atoms with E-state index in [9.17, 15) is 9.59 Å². The average Bonchev–Trinajstić information content (AvgIpc) is 3.52. The van der Waals surface area contributed by atoms with Gasteiger partial charge in [-0.3, -0.25) is 14.9 Å². The molecule has 0 saturated heterocycles. The molecule has 192 valence electrons. The molecule has 0 fully saturated rings. The number of rotatable bonds is 11. The molecule has 3 aromatic heterocycles. The Bertz CT molecular complexity index is 1380. The molecule has 0 saturated carbocycles. The van der Waals surface area contributed by atoms with Gasteiger partial charge in [-0.15, -0.1) is 22.0 Å². The molecule has 1 aromatic carbocycles. The number of methoxy groups -OCH3 is 1. The first-order chi connectivity index (χ1) is 17.9. The Morgan fingerprint density at radius 2 is 1.95 bits per heavy atom. The molecule has 0 aliphatic heterocycles. The third-order valence-electron chi connectivity index (χ3n) is 4.54. The van der Waals surface area contributed by atoms with E-state index in [1.54, 1.807) is 31.1 Å². The number of hydrogen-bond acceptors (Lipinski definition) is 12. The quantitative estimate of drug-likeness (QED) is 0.195. The van der Waals surface area contributed by atoms with Crippen LogP contribution in [-0.4, -0.2) is 56.1 Å². The Kier molecular flexibility index (Phi) is 9.44. The van der Waals surface area contributed by atoms with E-state index >= 15 is 0 Å². The number of amides is 1. The summed E-state index contributed by atoms with van der Waals surface area (Å²) < 4.78 is 12.7. The standard InChI is InChI=1S/C23H22N6O4S4/c1-4-33-18(30)12-34-19-11-24-22(37-19)27-21(31)20-16(35-15-7-5-14(32-3)6-8-15)9-10-17(26-20)36-23-28-25-13-29(23)2/h5-11,13H,4,12H2,1-3H3,(H,24,27,31). The van der Waals surface area contributed by atoms with Gasteiger partial charge in [0.15, 0.2) is 10.3 Å². The summed E-state index contributed by atoms with van der Waals surface area (Å²) >= 11 is 5.31. The third-order valence-corrected chi connectivity index (χ3v) is 8.67. The number of thioether (sulfide) groups is 1. The molecule has 0 bridgehead atoms. The summed E-state index contributed by atoms with van der Waals surface area (Å²) in [5.41, 5.74) is 0.254. The number of carbonyl (C=O) groups is 2. The fourth-order valence-electron chi connectivity index (χ4n) is 2.83. The third kappa shape index (κ3) is 7.47.